The molecule has 0 bridgehead atoms. The molecule has 1 aliphatic carbocycles. The molecule has 1 heteroatoms. The summed E-state index contributed by atoms with van der Waals surface area (Å²) in [5.41, 5.74) is 10.7. The van der Waals surface area contributed by atoms with Crippen LogP contribution in [0.4, 0.5) is 0 Å². The van der Waals surface area contributed by atoms with Gasteiger partial charge in [-0.3, -0.25) is 0 Å². The van der Waals surface area contributed by atoms with Crippen LogP contribution in [0.25, 0.3) is 70.4 Å². The Morgan fingerprint density at radius 1 is 0.462 bits per heavy atom. The van der Waals surface area contributed by atoms with Gasteiger partial charge in [0.15, 0.2) is 0 Å². The zero-order valence-corrected chi connectivity index (χ0v) is 22.3. The van der Waals surface area contributed by atoms with Gasteiger partial charge < -0.3 is 0 Å². The van der Waals surface area contributed by atoms with E-state index in [9.17, 15) is 0 Å². The van der Waals surface area contributed by atoms with Crippen LogP contribution in [0.15, 0.2) is 127 Å². The van der Waals surface area contributed by atoms with Crippen molar-refractivity contribution in [2.75, 3.05) is 0 Å². The second kappa shape index (κ2) is 9.08. The van der Waals surface area contributed by atoms with E-state index in [4.69, 9.17) is 0 Å². The van der Waals surface area contributed by atoms with E-state index in [0.717, 1.165) is 12.8 Å². The van der Waals surface area contributed by atoms with Crippen molar-refractivity contribution in [1.82, 2.24) is 0 Å². The Bertz CT molecular complexity index is 2040. The lowest BCUT2D eigenvalue weighted by molar-refractivity contribution is 0.991. The van der Waals surface area contributed by atoms with Crippen LogP contribution in [0.5, 0.6) is 0 Å². The van der Waals surface area contributed by atoms with Crippen LogP contribution in [0.2, 0.25) is 0 Å². The smallest absolute Gasteiger partial charge is 0.0361 e. The molecule has 7 aromatic rings. The largest absolute Gasteiger partial charge is 0.135 e. The molecule has 0 N–H and O–H groups in total. The van der Waals surface area contributed by atoms with Gasteiger partial charge in [0.05, 0.1) is 0 Å². The molecule has 0 radical (unpaired) electrons. The molecule has 0 saturated heterocycles. The van der Waals surface area contributed by atoms with Crippen LogP contribution in [-0.4, -0.2) is 0 Å². The zero-order valence-electron chi connectivity index (χ0n) is 21.5. The first kappa shape index (κ1) is 22.5. The van der Waals surface area contributed by atoms with Gasteiger partial charge in [0.2, 0.25) is 0 Å². The van der Waals surface area contributed by atoms with E-state index in [1.807, 2.05) is 11.3 Å². The van der Waals surface area contributed by atoms with Crippen LogP contribution >= 0.6 is 11.3 Å². The van der Waals surface area contributed by atoms with Crippen molar-refractivity contribution in [2.24, 2.45) is 0 Å². The Hall–Kier alpha value is -4.46. The summed E-state index contributed by atoms with van der Waals surface area (Å²) in [5, 5.41) is 5.37. The number of hydrogen-bond donors (Lipinski definition) is 0. The number of thiophene rings is 1. The first-order valence-electron chi connectivity index (χ1n) is 13.7. The quantitative estimate of drug-likeness (QED) is 0.220. The molecular weight excluding hydrogens is 488 g/mol. The highest BCUT2D eigenvalue weighted by atomic mass is 32.1. The number of fused-ring (bicyclic) bond motifs is 5. The topological polar surface area (TPSA) is 0 Å². The van der Waals surface area contributed by atoms with E-state index in [-0.39, 0.29) is 0 Å². The van der Waals surface area contributed by atoms with E-state index in [1.165, 1.54) is 75.5 Å². The molecule has 1 aliphatic rings. The summed E-state index contributed by atoms with van der Waals surface area (Å²) in [4.78, 5) is 0. The number of allylic oxidation sites excluding steroid dienone is 1. The molecule has 39 heavy (non-hydrogen) atoms. The van der Waals surface area contributed by atoms with E-state index >= 15 is 0 Å². The van der Waals surface area contributed by atoms with E-state index in [2.05, 4.69) is 133 Å². The third-order valence-electron chi connectivity index (χ3n) is 8.16. The van der Waals surface area contributed by atoms with Gasteiger partial charge in [0, 0.05) is 20.2 Å². The zero-order chi connectivity index (χ0) is 25.8. The van der Waals surface area contributed by atoms with Crippen LogP contribution in [-0.2, 0) is 6.42 Å². The van der Waals surface area contributed by atoms with Crippen molar-refractivity contribution in [3.63, 3.8) is 0 Å². The minimum atomic E-state index is 1.06. The summed E-state index contributed by atoms with van der Waals surface area (Å²) in [6, 6.07) is 44.6. The lowest BCUT2D eigenvalue weighted by Gasteiger charge is -2.24. The normalized spacial score (nSPS) is 12.8. The van der Waals surface area contributed by atoms with E-state index < -0.39 is 0 Å². The molecule has 0 fully saturated rings. The Morgan fingerprint density at radius 3 is 1.90 bits per heavy atom. The molecule has 6 aromatic carbocycles. The van der Waals surface area contributed by atoms with Crippen LogP contribution < -0.4 is 0 Å². The third-order valence-corrected chi connectivity index (χ3v) is 9.29. The van der Waals surface area contributed by atoms with Gasteiger partial charge in [-0.05, 0) is 80.3 Å². The Kier molecular flexibility index (Phi) is 5.24. The maximum Gasteiger partial charge on any atom is 0.0361 e. The second-order valence-corrected chi connectivity index (χ2v) is 11.5. The lowest BCUT2D eigenvalue weighted by Crippen LogP contribution is -2.02. The minimum Gasteiger partial charge on any atom is -0.135 e. The summed E-state index contributed by atoms with van der Waals surface area (Å²) < 4.78 is 2.72. The maximum atomic E-state index is 2.43. The van der Waals surface area contributed by atoms with E-state index in [0.29, 0.717) is 0 Å². The summed E-state index contributed by atoms with van der Waals surface area (Å²) in [5.74, 6) is 0. The SMILES string of the molecule is C1=Cc2c(c(-c3ccc4c(c3)sc3ccccc34)c3ccccc3c2-c2ccc(-c3ccccc3)cc2)CC1. The fraction of sp³-hybridized carbons (Fsp3) is 0.0526. The highest BCUT2D eigenvalue weighted by Crippen LogP contribution is 2.46. The average molecular weight is 515 g/mol. The summed E-state index contributed by atoms with van der Waals surface area (Å²) in [6.45, 7) is 0. The lowest BCUT2D eigenvalue weighted by atomic mass is 9.80. The molecule has 8 rings (SSSR count). The van der Waals surface area contributed by atoms with Gasteiger partial charge in [0.1, 0.15) is 0 Å². The van der Waals surface area contributed by atoms with Gasteiger partial charge >= 0.3 is 0 Å². The van der Waals surface area contributed by atoms with Crippen LogP contribution in [0.3, 0.4) is 0 Å². The molecule has 0 nitrogen and oxygen atoms in total. The molecule has 0 unspecified atom stereocenters. The van der Waals surface area contributed by atoms with Gasteiger partial charge in [-0.1, -0.05) is 121 Å². The summed E-state index contributed by atoms with van der Waals surface area (Å²) in [7, 11) is 0. The highest BCUT2D eigenvalue weighted by Gasteiger charge is 2.22. The Balaban J connectivity index is 1.36. The number of rotatable bonds is 3. The molecule has 184 valence electrons. The molecule has 0 amide bonds. The second-order valence-electron chi connectivity index (χ2n) is 10.4. The van der Waals surface area contributed by atoms with Crippen molar-refractivity contribution in [2.45, 2.75) is 12.8 Å². The molecule has 1 heterocycles. The first-order chi connectivity index (χ1) is 19.3. The Labute approximate surface area is 232 Å². The van der Waals surface area contributed by atoms with Crippen molar-refractivity contribution < 1.29 is 0 Å². The van der Waals surface area contributed by atoms with Crippen LogP contribution in [0.1, 0.15) is 17.5 Å². The van der Waals surface area contributed by atoms with Crippen LogP contribution in [0, 0.1) is 0 Å². The van der Waals surface area contributed by atoms with Crippen molar-refractivity contribution in [3.8, 4) is 33.4 Å². The van der Waals surface area contributed by atoms with E-state index in [1.54, 1.807) is 0 Å². The highest BCUT2D eigenvalue weighted by molar-refractivity contribution is 7.25. The van der Waals surface area contributed by atoms with Gasteiger partial charge in [-0.25, -0.2) is 0 Å². The average Bonchev–Trinajstić information content (AvgIpc) is 3.38. The molecule has 0 aliphatic heterocycles. The summed E-state index contributed by atoms with van der Waals surface area (Å²) >= 11 is 1.90. The van der Waals surface area contributed by atoms with Crippen molar-refractivity contribution >= 4 is 48.4 Å². The molecular formula is C38H26S. The van der Waals surface area contributed by atoms with Crippen molar-refractivity contribution in [1.29, 1.82) is 0 Å². The minimum absolute atomic E-state index is 1.06. The standard InChI is InChI=1S/C38H26S/c1-2-10-25(11-3-1)26-18-20-27(21-19-26)37-31-13-4-6-15-33(31)38(34-16-7-5-14-32(34)37)28-22-23-30-29-12-8-9-17-35(29)39-36(30)24-28/h1-6,8-15,17-24H,7,16H2. The fourth-order valence-electron chi connectivity index (χ4n) is 6.37. The maximum absolute atomic E-state index is 2.43. The summed E-state index contributed by atoms with van der Waals surface area (Å²) in [6.07, 6.45) is 6.85. The third kappa shape index (κ3) is 3.66. The van der Waals surface area contributed by atoms with Crippen molar-refractivity contribution in [3.05, 3.63) is 139 Å². The number of hydrogen-bond acceptors (Lipinski definition) is 1. The first-order valence-corrected chi connectivity index (χ1v) is 14.5. The molecule has 0 saturated carbocycles. The Morgan fingerprint density at radius 2 is 1.08 bits per heavy atom. The van der Waals surface area contributed by atoms with Gasteiger partial charge in [-0.2, -0.15) is 0 Å². The monoisotopic (exact) mass is 514 g/mol. The predicted molar refractivity (Wildman–Crippen MR) is 170 cm³/mol. The molecule has 0 spiro atoms. The molecule has 1 aromatic heterocycles. The number of benzene rings is 6. The van der Waals surface area contributed by atoms with Gasteiger partial charge in [-0.15, -0.1) is 11.3 Å². The fourth-order valence-corrected chi connectivity index (χ4v) is 7.51. The van der Waals surface area contributed by atoms with Gasteiger partial charge in [0.25, 0.3) is 0 Å². The predicted octanol–water partition coefficient (Wildman–Crippen LogP) is 11.2. The molecule has 0 atom stereocenters.